The Labute approximate surface area is 151 Å². The van der Waals surface area contributed by atoms with E-state index in [1.165, 1.54) is 5.56 Å². The molecule has 2 aromatic rings. The highest BCUT2D eigenvalue weighted by Crippen LogP contribution is 2.30. The van der Waals surface area contributed by atoms with Crippen molar-refractivity contribution < 1.29 is 14.3 Å². The largest absolute Gasteiger partial charge is 0.493 e. The van der Waals surface area contributed by atoms with Crippen LogP contribution in [0.2, 0.25) is 0 Å². The van der Waals surface area contributed by atoms with Crippen LogP contribution < -0.4 is 14.8 Å². The number of hydrogen-bond acceptors (Lipinski definition) is 3. The van der Waals surface area contributed by atoms with Gasteiger partial charge in [-0.1, -0.05) is 39.0 Å². The van der Waals surface area contributed by atoms with Crippen molar-refractivity contribution in [2.75, 3.05) is 19.0 Å². The topological polar surface area (TPSA) is 47.6 Å². The number of amides is 1. The van der Waals surface area contributed by atoms with Crippen LogP contribution in [0, 0.1) is 0 Å². The highest BCUT2D eigenvalue weighted by molar-refractivity contribution is 9.10. The first-order valence-electron chi connectivity index (χ1n) is 7.67. The predicted molar refractivity (Wildman–Crippen MR) is 100.0 cm³/mol. The molecular formula is C19H22BrNO3. The van der Waals surface area contributed by atoms with Gasteiger partial charge in [0.2, 0.25) is 0 Å². The molecule has 0 aromatic heterocycles. The van der Waals surface area contributed by atoms with Gasteiger partial charge in [0.15, 0.2) is 18.1 Å². The molecule has 0 bridgehead atoms. The number of rotatable bonds is 5. The number of ether oxygens (including phenoxy) is 2. The molecule has 0 radical (unpaired) electrons. The van der Waals surface area contributed by atoms with Crippen LogP contribution in [0.25, 0.3) is 0 Å². The fourth-order valence-corrected chi connectivity index (χ4v) is 2.63. The maximum Gasteiger partial charge on any atom is 0.262 e. The lowest BCUT2D eigenvalue weighted by molar-refractivity contribution is -0.118. The number of hydrogen-bond donors (Lipinski definition) is 1. The standard InChI is InChI=1S/C19H22BrNO3/c1-19(2,3)13-9-10-15(14(20)11-13)21-18(22)12-24-17-8-6-5-7-16(17)23-4/h5-11H,12H2,1-4H3,(H,21,22). The quantitative estimate of drug-likeness (QED) is 0.797. The monoisotopic (exact) mass is 391 g/mol. The van der Waals surface area contributed by atoms with Gasteiger partial charge in [-0.15, -0.1) is 0 Å². The summed E-state index contributed by atoms with van der Waals surface area (Å²) in [6.45, 7) is 6.35. The number of nitrogens with one attached hydrogen (secondary N) is 1. The maximum absolute atomic E-state index is 12.1. The lowest BCUT2D eigenvalue weighted by Crippen LogP contribution is -2.21. The third kappa shape index (κ3) is 4.74. The molecule has 5 heteroatoms. The first-order chi connectivity index (χ1) is 11.3. The Hall–Kier alpha value is -2.01. The van der Waals surface area contributed by atoms with E-state index in [-0.39, 0.29) is 17.9 Å². The van der Waals surface area contributed by atoms with Crippen LogP contribution in [-0.4, -0.2) is 19.6 Å². The van der Waals surface area contributed by atoms with E-state index in [1.54, 1.807) is 19.2 Å². The molecule has 24 heavy (non-hydrogen) atoms. The van der Waals surface area contributed by atoms with Crippen LogP contribution in [0.15, 0.2) is 46.9 Å². The average Bonchev–Trinajstić information content (AvgIpc) is 2.54. The van der Waals surface area contributed by atoms with Gasteiger partial charge >= 0.3 is 0 Å². The van der Waals surface area contributed by atoms with Crippen molar-refractivity contribution in [2.45, 2.75) is 26.2 Å². The smallest absolute Gasteiger partial charge is 0.262 e. The molecule has 2 rings (SSSR count). The number of para-hydroxylation sites is 2. The molecule has 1 N–H and O–H groups in total. The van der Waals surface area contributed by atoms with Crippen molar-refractivity contribution in [1.29, 1.82) is 0 Å². The summed E-state index contributed by atoms with van der Waals surface area (Å²) in [4.78, 5) is 12.1. The molecule has 0 atom stereocenters. The van der Waals surface area contributed by atoms with Gasteiger partial charge in [-0.05, 0) is 51.2 Å². The van der Waals surface area contributed by atoms with Crippen LogP contribution in [0.4, 0.5) is 5.69 Å². The summed E-state index contributed by atoms with van der Waals surface area (Å²) in [5.41, 5.74) is 1.96. The van der Waals surface area contributed by atoms with Gasteiger partial charge in [0.1, 0.15) is 0 Å². The summed E-state index contributed by atoms with van der Waals surface area (Å²) in [5.74, 6) is 0.906. The van der Waals surface area contributed by atoms with Crippen LogP contribution in [-0.2, 0) is 10.2 Å². The zero-order chi connectivity index (χ0) is 17.7. The summed E-state index contributed by atoms with van der Waals surface area (Å²) in [6.07, 6.45) is 0. The van der Waals surface area contributed by atoms with E-state index >= 15 is 0 Å². The zero-order valence-electron chi connectivity index (χ0n) is 14.4. The Kier molecular flexibility index (Phi) is 5.89. The molecule has 1 amide bonds. The normalized spacial score (nSPS) is 11.0. The second-order valence-corrected chi connectivity index (χ2v) is 7.29. The van der Waals surface area contributed by atoms with Gasteiger partial charge in [0.25, 0.3) is 5.91 Å². The Morgan fingerprint density at radius 3 is 2.38 bits per heavy atom. The van der Waals surface area contributed by atoms with E-state index in [0.29, 0.717) is 11.5 Å². The fourth-order valence-electron chi connectivity index (χ4n) is 2.15. The minimum Gasteiger partial charge on any atom is -0.493 e. The lowest BCUT2D eigenvalue weighted by Gasteiger charge is -2.20. The van der Waals surface area contributed by atoms with Crippen molar-refractivity contribution in [2.24, 2.45) is 0 Å². The van der Waals surface area contributed by atoms with E-state index in [2.05, 4.69) is 42.0 Å². The molecule has 0 unspecified atom stereocenters. The third-order valence-electron chi connectivity index (χ3n) is 3.54. The van der Waals surface area contributed by atoms with Crippen molar-refractivity contribution in [3.8, 4) is 11.5 Å². The van der Waals surface area contributed by atoms with E-state index in [0.717, 1.165) is 10.2 Å². The molecule has 0 saturated heterocycles. The second kappa shape index (κ2) is 7.71. The lowest BCUT2D eigenvalue weighted by atomic mass is 9.87. The Balaban J connectivity index is 2.00. The first kappa shape index (κ1) is 18.3. The van der Waals surface area contributed by atoms with E-state index in [4.69, 9.17) is 9.47 Å². The number of carbonyl (C=O) groups is 1. The van der Waals surface area contributed by atoms with Gasteiger partial charge in [0.05, 0.1) is 12.8 Å². The van der Waals surface area contributed by atoms with Crippen molar-refractivity contribution in [1.82, 2.24) is 0 Å². The average molecular weight is 392 g/mol. The molecule has 0 aliphatic carbocycles. The highest BCUT2D eigenvalue weighted by atomic mass is 79.9. The van der Waals surface area contributed by atoms with E-state index in [1.807, 2.05) is 30.3 Å². The van der Waals surface area contributed by atoms with Crippen molar-refractivity contribution >= 4 is 27.5 Å². The third-order valence-corrected chi connectivity index (χ3v) is 4.19. The van der Waals surface area contributed by atoms with Gasteiger partial charge < -0.3 is 14.8 Å². The van der Waals surface area contributed by atoms with Crippen LogP contribution in [0.5, 0.6) is 11.5 Å². The Bertz CT molecular complexity index is 723. The Morgan fingerprint density at radius 1 is 1.12 bits per heavy atom. The highest BCUT2D eigenvalue weighted by Gasteiger charge is 2.16. The van der Waals surface area contributed by atoms with E-state index < -0.39 is 0 Å². The molecule has 128 valence electrons. The van der Waals surface area contributed by atoms with Crippen LogP contribution >= 0.6 is 15.9 Å². The first-order valence-corrected chi connectivity index (χ1v) is 8.46. The molecule has 4 nitrogen and oxygen atoms in total. The summed E-state index contributed by atoms with van der Waals surface area (Å²) in [6, 6.07) is 13.2. The molecule has 2 aromatic carbocycles. The van der Waals surface area contributed by atoms with Gasteiger partial charge in [-0.2, -0.15) is 0 Å². The van der Waals surface area contributed by atoms with Crippen molar-refractivity contribution in [3.63, 3.8) is 0 Å². The van der Waals surface area contributed by atoms with Gasteiger partial charge in [-0.25, -0.2) is 0 Å². The minimum absolute atomic E-state index is 0.0536. The molecule has 0 saturated carbocycles. The molecule has 0 aliphatic rings. The number of benzene rings is 2. The molecule has 0 aliphatic heterocycles. The maximum atomic E-state index is 12.1. The van der Waals surface area contributed by atoms with Gasteiger partial charge in [0, 0.05) is 4.47 Å². The van der Waals surface area contributed by atoms with Gasteiger partial charge in [-0.3, -0.25) is 4.79 Å². The van der Waals surface area contributed by atoms with Crippen LogP contribution in [0.1, 0.15) is 26.3 Å². The van der Waals surface area contributed by atoms with Crippen LogP contribution in [0.3, 0.4) is 0 Å². The predicted octanol–water partition coefficient (Wildman–Crippen LogP) is 4.77. The Morgan fingerprint density at radius 2 is 1.79 bits per heavy atom. The zero-order valence-corrected chi connectivity index (χ0v) is 15.9. The molecule has 0 heterocycles. The minimum atomic E-state index is -0.231. The molecule has 0 spiro atoms. The molecular weight excluding hydrogens is 370 g/mol. The number of halogens is 1. The van der Waals surface area contributed by atoms with E-state index in [9.17, 15) is 4.79 Å². The summed E-state index contributed by atoms with van der Waals surface area (Å²) >= 11 is 3.51. The summed E-state index contributed by atoms with van der Waals surface area (Å²) in [5, 5.41) is 2.84. The number of anilines is 1. The SMILES string of the molecule is COc1ccccc1OCC(=O)Nc1ccc(C(C)(C)C)cc1Br. The van der Waals surface area contributed by atoms with Crippen molar-refractivity contribution in [3.05, 3.63) is 52.5 Å². The number of carbonyl (C=O) groups excluding carboxylic acids is 1. The molecule has 0 fully saturated rings. The summed E-state index contributed by atoms with van der Waals surface area (Å²) in [7, 11) is 1.57. The fraction of sp³-hybridized carbons (Fsp3) is 0.316. The summed E-state index contributed by atoms with van der Waals surface area (Å²) < 4.78 is 11.6. The second-order valence-electron chi connectivity index (χ2n) is 6.43. The number of methoxy groups -OCH3 is 1.